The molecule has 94 valence electrons. The Bertz CT molecular complexity index is 660. The summed E-state index contributed by atoms with van der Waals surface area (Å²) in [6.07, 6.45) is 2.08. The number of para-hydroxylation sites is 1. The molecule has 3 rings (SSSR count). The van der Waals surface area contributed by atoms with E-state index in [0.29, 0.717) is 0 Å². The quantitative estimate of drug-likeness (QED) is 0.654. The van der Waals surface area contributed by atoms with Gasteiger partial charge in [-0.1, -0.05) is 64.5 Å². The number of benzene rings is 2. The lowest BCUT2D eigenvalue weighted by Crippen LogP contribution is -1.93. The Morgan fingerprint density at radius 3 is 2.16 bits per heavy atom. The number of hydrogen-bond acceptors (Lipinski definition) is 1. The second-order valence-electron chi connectivity index (χ2n) is 4.28. The Morgan fingerprint density at radius 1 is 0.895 bits per heavy atom. The molecule has 0 bridgehead atoms. The molecule has 0 saturated heterocycles. The summed E-state index contributed by atoms with van der Waals surface area (Å²) in [5.74, 6) is 0. The van der Waals surface area contributed by atoms with Gasteiger partial charge in [-0.2, -0.15) is 5.10 Å². The molecule has 0 unspecified atom stereocenters. The van der Waals surface area contributed by atoms with E-state index in [2.05, 4.69) is 46.4 Å². The van der Waals surface area contributed by atoms with E-state index in [0.717, 1.165) is 22.3 Å². The van der Waals surface area contributed by atoms with E-state index in [4.69, 9.17) is 5.10 Å². The minimum Gasteiger partial charge on any atom is -0.240 e. The fraction of sp³-hybridized carbons (Fsp3) is 0.0625. The summed E-state index contributed by atoms with van der Waals surface area (Å²) in [7, 11) is 0. The standard InChI is InChI=1S/C16H13BrN2/c17-11-14-12-19(15-9-5-2-6-10-15)18-16(14)13-7-3-1-4-8-13/h1-10,12H,11H2. The molecule has 2 aromatic carbocycles. The predicted molar refractivity (Wildman–Crippen MR) is 81.6 cm³/mol. The molecule has 0 aliphatic heterocycles. The first kappa shape index (κ1) is 12.2. The summed E-state index contributed by atoms with van der Waals surface area (Å²) in [6, 6.07) is 20.4. The predicted octanol–water partition coefficient (Wildman–Crippen LogP) is 4.43. The van der Waals surface area contributed by atoms with Crippen LogP contribution in [0.2, 0.25) is 0 Å². The zero-order valence-corrected chi connectivity index (χ0v) is 11.9. The molecule has 0 saturated carbocycles. The SMILES string of the molecule is BrCc1cn(-c2ccccc2)nc1-c1ccccc1. The Balaban J connectivity index is 2.09. The van der Waals surface area contributed by atoms with Gasteiger partial charge in [0, 0.05) is 22.7 Å². The van der Waals surface area contributed by atoms with E-state index >= 15 is 0 Å². The van der Waals surface area contributed by atoms with Crippen LogP contribution in [-0.2, 0) is 5.33 Å². The Hall–Kier alpha value is -1.87. The summed E-state index contributed by atoms with van der Waals surface area (Å²) in [5.41, 5.74) is 4.44. The molecule has 3 aromatic rings. The molecule has 0 atom stereocenters. The number of nitrogens with zero attached hydrogens (tertiary/aromatic N) is 2. The average molecular weight is 313 g/mol. The van der Waals surface area contributed by atoms with E-state index < -0.39 is 0 Å². The maximum atomic E-state index is 4.71. The first-order chi connectivity index (χ1) is 9.38. The molecule has 0 N–H and O–H groups in total. The van der Waals surface area contributed by atoms with Crippen LogP contribution in [0, 0.1) is 0 Å². The van der Waals surface area contributed by atoms with Gasteiger partial charge in [0.15, 0.2) is 0 Å². The molecule has 1 aromatic heterocycles. The lowest BCUT2D eigenvalue weighted by molar-refractivity contribution is 0.884. The maximum absolute atomic E-state index is 4.71. The number of halogens is 1. The number of hydrogen-bond donors (Lipinski definition) is 0. The maximum Gasteiger partial charge on any atom is 0.0968 e. The van der Waals surface area contributed by atoms with E-state index in [1.165, 1.54) is 5.56 Å². The third kappa shape index (κ3) is 2.47. The van der Waals surface area contributed by atoms with Gasteiger partial charge in [0.25, 0.3) is 0 Å². The van der Waals surface area contributed by atoms with Crippen molar-refractivity contribution in [3.05, 3.63) is 72.4 Å². The molecule has 0 aliphatic rings. The normalized spacial score (nSPS) is 10.6. The fourth-order valence-electron chi connectivity index (χ4n) is 2.06. The summed E-state index contributed by atoms with van der Waals surface area (Å²) in [4.78, 5) is 0. The second kappa shape index (κ2) is 5.41. The van der Waals surface area contributed by atoms with Crippen LogP contribution >= 0.6 is 15.9 Å². The van der Waals surface area contributed by atoms with Crippen LogP contribution in [-0.4, -0.2) is 9.78 Å². The highest BCUT2D eigenvalue weighted by Crippen LogP contribution is 2.25. The monoisotopic (exact) mass is 312 g/mol. The lowest BCUT2D eigenvalue weighted by Gasteiger charge is -2.00. The van der Waals surface area contributed by atoms with Crippen molar-refractivity contribution >= 4 is 15.9 Å². The fourth-order valence-corrected chi connectivity index (χ4v) is 2.47. The Kier molecular flexibility index (Phi) is 3.47. The average Bonchev–Trinajstić information content (AvgIpc) is 2.93. The van der Waals surface area contributed by atoms with Crippen LogP contribution in [0.5, 0.6) is 0 Å². The van der Waals surface area contributed by atoms with Crippen molar-refractivity contribution < 1.29 is 0 Å². The smallest absolute Gasteiger partial charge is 0.0968 e. The van der Waals surface area contributed by atoms with Crippen molar-refractivity contribution in [1.82, 2.24) is 9.78 Å². The third-order valence-electron chi connectivity index (χ3n) is 3.00. The van der Waals surface area contributed by atoms with Crippen LogP contribution < -0.4 is 0 Å². The van der Waals surface area contributed by atoms with E-state index in [1.54, 1.807) is 0 Å². The molecule has 2 nitrogen and oxygen atoms in total. The lowest BCUT2D eigenvalue weighted by atomic mass is 10.1. The van der Waals surface area contributed by atoms with Crippen LogP contribution in [0.4, 0.5) is 0 Å². The Morgan fingerprint density at radius 2 is 1.53 bits per heavy atom. The first-order valence-electron chi connectivity index (χ1n) is 6.14. The van der Waals surface area contributed by atoms with Crippen molar-refractivity contribution in [3.8, 4) is 16.9 Å². The van der Waals surface area contributed by atoms with Crippen molar-refractivity contribution in [2.45, 2.75) is 5.33 Å². The van der Waals surface area contributed by atoms with Crippen LogP contribution in [0.15, 0.2) is 66.9 Å². The molecule has 0 aliphatic carbocycles. The van der Waals surface area contributed by atoms with Gasteiger partial charge in [0.1, 0.15) is 0 Å². The zero-order valence-electron chi connectivity index (χ0n) is 10.3. The van der Waals surface area contributed by atoms with E-state index in [-0.39, 0.29) is 0 Å². The van der Waals surface area contributed by atoms with Crippen molar-refractivity contribution in [2.24, 2.45) is 0 Å². The van der Waals surface area contributed by atoms with Crippen molar-refractivity contribution in [3.63, 3.8) is 0 Å². The second-order valence-corrected chi connectivity index (χ2v) is 4.84. The third-order valence-corrected chi connectivity index (χ3v) is 3.61. The van der Waals surface area contributed by atoms with Crippen molar-refractivity contribution in [2.75, 3.05) is 0 Å². The number of alkyl halides is 1. The summed E-state index contributed by atoms with van der Waals surface area (Å²) >= 11 is 3.54. The van der Waals surface area contributed by atoms with Crippen LogP contribution in [0.25, 0.3) is 16.9 Å². The molecule has 0 fully saturated rings. The first-order valence-corrected chi connectivity index (χ1v) is 7.26. The van der Waals surface area contributed by atoms with Crippen LogP contribution in [0.1, 0.15) is 5.56 Å². The van der Waals surface area contributed by atoms with Gasteiger partial charge in [-0.05, 0) is 12.1 Å². The number of rotatable bonds is 3. The largest absolute Gasteiger partial charge is 0.240 e. The zero-order chi connectivity index (χ0) is 13.1. The highest BCUT2D eigenvalue weighted by molar-refractivity contribution is 9.08. The van der Waals surface area contributed by atoms with Gasteiger partial charge in [-0.25, -0.2) is 4.68 Å². The molecule has 1 heterocycles. The Labute approximate surface area is 120 Å². The molecule has 19 heavy (non-hydrogen) atoms. The molecule has 3 heteroatoms. The van der Waals surface area contributed by atoms with Crippen molar-refractivity contribution in [1.29, 1.82) is 0 Å². The van der Waals surface area contributed by atoms with Gasteiger partial charge in [-0.15, -0.1) is 0 Å². The minimum atomic E-state index is 0.796. The molecule has 0 amide bonds. The minimum absolute atomic E-state index is 0.796. The van der Waals surface area contributed by atoms with E-state index in [1.807, 2.05) is 41.1 Å². The molecular weight excluding hydrogens is 300 g/mol. The highest BCUT2D eigenvalue weighted by atomic mass is 79.9. The van der Waals surface area contributed by atoms with Gasteiger partial charge in [0.2, 0.25) is 0 Å². The van der Waals surface area contributed by atoms with E-state index in [9.17, 15) is 0 Å². The summed E-state index contributed by atoms with van der Waals surface area (Å²) in [5, 5.41) is 5.50. The summed E-state index contributed by atoms with van der Waals surface area (Å²) in [6.45, 7) is 0. The van der Waals surface area contributed by atoms with Gasteiger partial charge < -0.3 is 0 Å². The number of aromatic nitrogens is 2. The molecule has 0 spiro atoms. The van der Waals surface area contributed by atoms with Crippen LogP contribution in [0.3, 0.4) is 0 Å². The molecular formula is C16H13BrN2. The highest BCUT2D eigenvalue weighted by Gasteiger charge is 2.10. The topological polar surface area (TPSA) is 17.8 Å². The van der Waals surface area contributed by atoms with Gasteiger partial charge in [-0.3, -0.25) is 0 Å². The van der Waals surface area contributed by atoms with Gasteiger partial charge in [0.05, 0.1) is 11.4 Å². The van der Waals surface area contributed by atoms with Gasteiger partial charge >= 0.3 is 0 Å². The molecule has 0 radical (unpaired) electrons. The summed E-state index contributed by atoms with van der Waals surface area (Å²) < 4.78 is 1.93.